The second kappa shape index (κ2) is 5.98. The number of anilines is 1. The van der Waals surface area contributed by atoms with Crippen LogP contribution in [-0.4, -0.2) is 11.0 Å². The van der Waals surface area contributed by atoms with Crippen molar-refractivity contribution in [2.75, 3.05) is 5.32 Å². The number of aromatic nitrogens is 1. The molecule has 0 bridgehead atoms. The van der Waals surface area contributed by atoms with Crippen LogP contribution < -0.4 is 5.32 Å². The zero-order valence-corrected chi connectivity index (χ0v) is 10.9. The Morgan fingerprint density at radius 1 is 1.25 bits per heavy atom. The van der Waals surface area contributed by atoms with Gasteiger partial charge in [-0.05, 0) is 37.6 Å². The van der Waals surface area contributed by atoms with E-state index in [0.29, 0.717) is 0 Å². The Kier molecular flexibility index (Phi) is 4.32. The van der Waals surface area contributed by atoms with Crippen molar-refractivity contribution in [1.29, 1.82) is 0 Å². The monoisotopic (exact) mass is 284 g/mol. The molecule has 0 aliphatic carbocycles. The molecule has 2 rings (SSSR count). The number of nitrogens with one attached hydrogen (secondary N) is 1. The molecule has 2 aromatic rings. The van der Waals surface area contributed by atoms with Crippen LogP contribution in [0.1, 0.15) is 24.8 Å². The van der Waals surface area contributed by atoms with Crippen molar-refractivity contribution in [2.45, 2.75) is 32.0 Å². The number of hydrogen-bond donors (Lipinski definition) is 1. The molecular formula is C14H15F3N2O. The van der Waals surface area contributed by atoms with Gasteiger partial charge in [0.25, 0.3) is 0 Å². The molecule has 0 amide bonds. The molecule has 0 spiro atoms. The summed E-state index contributed by atoms with van der Waals surface area (Å²) in [5, 5.41) is 2.96. The van der Waals surface area contributed by atoms with Crippen molar-refractivity contribution >= 4 is 5.82 Å². The third-order valence-electron chi connectivity index (χ3n) is 2.84. The summed E-state index contributed by atoms with van der Waals surface area (Å²) in [6, 6.07) is 7.50. The first kappa shape index (κ1) is 14.4. The molecule has 0 fully saturated rings. The largest absolute Gasteiger partial charge is 0.469 e. The molecule has 1 atom stereocenters. The Morgan fingerprint density at radius 3 is 2.70 bits per heavy atom. The minimum Gasteiger partial charge on any atom is -0.469 e. The third kappa shape index (κ3) is 4.01. The minimum absolute atomic E-state index is 0.00363. The van der Waals surface area contributed by atoms with Gasteiger partial charge in [0.1, 0.15) is 17.3 Å². The van der Waals surface area contributed by atoms with Crippen LogP contribution in [-0.2, 0) is 12.6 Å². The average Bonchev–Trinajstić information content (AvgIpc) is 2.89. The molecule has 0 saturated heterocycles. The molecule has 0 aliphatic rings. The average molecular weight is 284 g/mol. The number of pyridine rings is 1. The second-order valence-corrected chi connectivity index (χ2v) is 4.57. The highest BCUT2D eigenvalue weighted by atomic mass is 19.4. The smallest absolute Gasteiger partial charge is 0.433 e. The van der Waals surface area contributed by atoms with Gasteiger partial charge in [0.2, 0.25) is 0 Å². The van der Waals surface area contributed by atoms with Gasteiger partial charge in [-0.25, -0.2) is 4.98 Å². The van der Waals surface area contributed by atoms with Gasteiger partial charge >= 0.3 is 6.18 Å². The van der Waals surface area contributed by atoms with E-state index in [1.54, 1.807) is 6.26 Å². The van der Waals surface area contributed by atoms with E-state index in [-0.39, 0.29) is 11.9 Å². The summed E-state index contributed by atoms with van der Waals surface area (Å²) in [4.78, 5) is 3.57. The molecule has 3 nitrogen and oxygen atoms in total. The van der Waals surface area contributed by atoms with Crippen molar-refractivity contribution < 1.29 is 17.6 Å². The summed E-state index contributed by atoms with van der Waals surface area (Å²) in [6.45, 7) is 1.89. The van der Waals surface area contributed by atoms with Crippen LogP contribution in [0.2, 0.25) is 0 Å². The molecule has 0 aliphatic heterocycles. The summed E-state index contributed by atoms with van der Waals surface area (Å²) in [5.74, 6) is 1.09. The molecule has 6 heteroatoms. The van der Waals surface area contributed by atoms with E-state index in [1.165, 1.54) is 12.1 Å². The van der Waals surface area contributed by atoms with Gasteiger partial charge < -0.3 is 9.73 Å². The van der Waals surface area contributed by atoms with Crippen molar-refractivity contribution in [3.05, 3.63) is 48.0 Å². The van der Waals surface area contributed by atoms with Crippen LogP contribution in [0.15, 0.2) is 41.0 Å². The highest BCUT2D eigenvalue weighted by molar-refractivity contribution is 5.36. The third-order valence-corrected chi connectivity index (χ3v) is 2.84. The van der Waals surface area contributed by atoms with Crippen LogP contribution in [0.3, 0.4) is 0 Å². The highest BCUT2D eigenvalue weighted by Gasteiger charge is 2.32. The number of aryl methyl sites for hydroxylation is 1. The molecule has 20 heavy (non-hydrogen) atoms. The lowest BCUT2D eigenvalue weighted by Gasteiger charge is -2.15. The lowest BCUT2D eigenvalue weighted by molar-refractivity contribution is -0.141. The highest BCUT2D eigenvalue weighted by Crippen LogP contribution is 2.28. The zero-order chi connectivity index (χ0) is 14.6. The Balaban J connectivity index is 1.92. The molecule has 1 N–H and O–H groups in total. The van der Waals surface area contributed by atoms with E-state index >= 15 is 0 Å². The molecular weight excluding hydrogens is 269 g/mol. The second-order valence-electron chi connectivity index (χ2n) is 4.57. The fourth-order valence-electron chi connectivity index (χ4n) is 1.81. The Morgan fingerprint density at radius 2 is 2.05 bits per heavy atom. The van der Waals surface area contributed by atoms with Gasteiger partial charge in [-0.15, -0.1) is 0 Å². The molecule has 1 unspecified atom stereocenters. The maximum Gasteiger partial charge on any atom is 0.433 e. The van der Waals surface area contributed by atoms with E-state index in [4.69, 9.17) is 4.42 Å². The van der Waals surface area contributed by atoms with Gasteiger partial charge in [0.15, 0.2) is 0 Å². The predicted molar refractivity (Wildman–Crippen MR) is 69.4 cm³/mol. The van der Waals surface area contributed by atoms with E-state index in [1.807, 2.05) is 19.1 Å². The molecule has 108 valence electrons. The standard InChI is InChI=1S/C14H15F3N2O/c1-10(7-8-11-4-3-9-20-11)18-13-6-2-5-12(19-13)14(15,16)17/h2-6,9-10H,7-8H2,1H3,(H,18,19). The van der Waals surface area contributed by atoms with Gasteiger partial charge in [-0.3, -0.25) is 0 Å². The van der Waals surface area contributed by atoms with Crippen LogP contribution >= 0.6 is 0 Å². The fraction of sp³-hybridized carbons (Fsp3) is 0.357. The van der Waals surface area contributed by atoms with E-state index < -0.39 is 11.9 Å². The number of alkyl halides is 3. The van der Waals surface area contributed by atoms with Crippen LogP contribution in [0.25, 0.3) is 0 Å². The van der Waals surface area contributed by atoms with E-state index in [9.17, 15) is 13.2 Å². The van der Waals surface area contributed by atoms with Crippen LogP contribution in [0.4, 0.5) is 19.0 Å². The number of hydrogen-bond acceptors (Lipinski definition) is 3. The first-order valence-electron chi connectivity index (χ1n) is 6.28. The Bertz CT molecular complexity index is 538. The van der Waals surface area contributed by atoms with Gasteiger partial charge in [0, 0.05) is 12.5 Å². The van der Waals surface area contributed by atoms with Gasteiger partial charge in [-0.1, -0.05) is 6.07 Å². The molecule has 2 heterocycles. The van der Waals surface area contributed by atoms with Gasteiger partial charge in [-0.2, -0.15) is 13.2 Å². The van der Waals surface area contributed by atoms with E-state index in [2.05, 4.69) is 10.3 Å². The summed E-state index contributed by atoms with van der Waals surface area (Å²) < 4.78 is 42.8. The van der Waals surface area contributed by atoms with Crippen molar-refractivity contribution in [2.24, 2.45) is 0 Å². The Hall–Kier alpha value is -1.98. The topological polar surface area (TPSA) is 38.1 Å². The number of rotatable bonds is 5. The minimum atomic E-state index is -4.42. The van der Waals surface area contributed by atoms with Crippen molar-refractivity contribution in [3.63, 3.8) is 0 Å². The molecule has 2 aromatic heterocycles. The number of halogens is 3. The lowest BCUT2D eigenvalue weighted by atomic mass is 10.1. The summed E-state index contributed by atoms with van der Waals surface area (Å²) in [5.41, 5.74) is -0.888. The molecule has 0 saturated carbocycles. The first-order valence-corrected chi connectivity index (χ1v) is 6.28. The van der Waals surface area contributed by atoms with Crippen LogP contribution in [0.5, 0.6) is 0 Å². The summed E-state index contributed by atoms with van der Waals surface area (Å²) >= 11 is 0. The first-order chi connectivity index (χ1) is 9.45. The SMILES string of the molecule is CC(CCc1ccco1)Nc1cccc(C(F)(F)F)n1. The lowest BCUT2D eigenvalue weighted by Crippen LogP contribution is -2.18. The number of furan rings is 1. The van der Waals surface area contributed by atoms with Crippen LogP contribution in [0, 0.1) is 0 Å². The predicted octanol–water partition coefficient (Wildman–Crippen LogP) is 4.13. The number of nitrogens with zero attached hydrogens (tertiary/aromatic N) is 1. The molecule has 0 radical (unpaired) electrons. The van der Waals surface area contributed by atoms with Crippen molar-refractivity contribution in [3.8, 4) is 0 Å². The van der Waals surface area contributed by atoms with E-state index in [0.717, 1.165) is 24.7 Å². The Labute approximate surface area is 114 Å². The normalized spacial score (nSPS) is 13.2. The van der Waals surface area contributed by atoms with Gasteiger partial charge in [0.05, 0.1) is 6.26 Å². The summed E-state index contributed by atoms with van der Waals surface area (Å²) in [7, 11) is 0. The zero-order valence-electron chi connectivity index (χ0n) is 10.9. The fourth-order valence-corrected chi connectivity index (χ4v) is 1.81. The quantitative estimate of drug-likeness (QED) is 0.897. The molecule has 0 aromatic carbocycles. The maximum absolute atomic E-state index is 12.5. The summed E-state index contributed by atoms with van der Waals surface area (Å²) in [6.07, 6.45) is -1.36. The maximum atomic E-state index is 12.5. The van der Waals surface area contributed by atoms with Crippen molar-refractivity contribution in [1.82, 2.24) is 4.98 Å².